The van der Waals surface area contributed by atoms with Crippen LogP contribution in [0.4, 0.5) is 10.2 Å². The monoisotopic (exact) mass is 468 g/mol. The fraction of sp³-hybridized carbons (Fsp3) is 0.280. The predicted octanol–water partition coefficient (Wildman–Crippen LogP) is 4.18. The summed E-state index contributed by atoms with van der Waals surface area (Å²) in [5.41, 5.74) is 3.06. The summed E-state index contributed by atoms with van der Waals surface area (Å²) in [6.07, 6.45) is 1.63. The Kier molecular flexibility index (Phi) is 7.54. The van der Waals surface area contributed by atoms with Crippen molar-refractivity contribution in [3.05, 3.63) is 93.9 Å². The van der Waals surface area contributed by atoms with Crippen molar-refractivity contribution in [2.45, 2.75) is 19.6 Å². The van der Waals surface area contributed by atoms with Crippen LogP contribution >= 0.6 is 11.6 Å². The van der Waals surface area contributed by atoms with E-state index in [1.54, 1.807) is 30.5 Å². The quantitative estimate of drug-likeness (QED) is 0.517. The molecule has 0 unspecified atom stereocenters. The zero-order chi connectivity index (χ0) is 23.2. The Balaban J connectivity index is 1.26. The number of benzene rings is 2. The number of carboxylic acid groups (broad SMARTS) is 1. The van der Waals surface area contributed by atoms with Gasteiger partial charge in [0, 0.05) is 62.6 Å². The summed E-state index contributed by atoms with van der Waals surface area (Å²) in [4.78, 5) is 20.1. The number of anilines is 1. The summed E-state index contributed by atoms with van der Waals surface area (Å²) in [7, 11) is 0. The van der Waals surface area contributed by atoms with E-state index in [9.17, 15) is 14.3 Å². The van der Waals surface area contributed by atoms with Crippen molar-refractivity contribution in [1.29, 1.82) is 0 Å². The summed E-state index contributed by atoms with van der Waals surface area (Å²) in [5.74, 6) is -0.710. The van der Waals surface area contributed by atoms with Gasteiger partial charge in [-0.3, -0.25) is 4.90 Å². The van der Waals surface area contributed by atoms with Gasteiger partial charge in [0.1, 0.15) is 17.2 Å². The molecule has 1 saturated heterocycles. The number of pyridine rings is 1. The highest BCUT2D eigenvalue weighted by molar-refractivity contribution is 6.31. The highest BCUT2D eigenvalue weighted by Crippen LogP contribution is 2.20. The van der Waals surface area contributed by atoms with Crippen molar-refractivity contribution in [2.75, 3.05) is 31.1 Å². The molecular weight excluding hydrogens is 443 g/mol. The number of halogens is 2. The lowest BCUT2D eigenvalue weighted by atomic mass is 10.1. The number of hydrogen-bond donors (Lipinski definition) is 2. The minimum atomic E-state index is -0.952. The smallest absolute Gasteiger partial charge is 0.339 e. The molecule has 1 aliphatic rings. The Hall–Kier alpha value is -3.00. The van der Waals surface area contributed by atoms with E-state index in [-0.39, 0.29) is 11.4 Å². The second-order valence-corrected chi connectivity index (χ2v) is 8.47. The first-order valence-corrected chi connectivity index (χ1v) is 11.3. The van der Waals surface area contributed by atoms with Crippen molar-refractivity contribution < 1.29 is 14.3 Å². The molecule has 2 N–H and O–H groups in total. The minimum Gasteiger partial charge on any atom is -0.478 e. The lowest BCUT2D eigenvalue weighted by Gasteiger charge is -2.35. The third-order valence-electron chi connectivity index (χ3n) is 5.81. The molecule has 2 heterocycles. The Morgan fingerprint density at radius 1 is 1.00 bits per heavy atom. The van der Waals surface area contributed by atoms with Crippen molar-refractivity contribution in [2.24, 2.45) is 0 Å². The first-order valence-electron chi connectivity index (χ1n) is 10.9. The molecule has 0 aliphatic carbocycles. The van der Waals surface area contributed by atoms with Crippen LogP contribution < -0.4 is 10.2 Å². The van der Waals surface area contributed by atoms with Crippen LogP contribution in [-0.2, 0) is 19.6 Å². The molecule has 1 aromatic heterocycles. The van der Waals surface area contributed by atoms with Crippen LogP contribution in [0.2, 0.25) is 5.02 Å². The Bertz CT molecular complexity index is 1080. The fourth-order valence-electron chi connectivity index (χ4n) is 3.99. The summed E-state index contributed by atoms with van der Waals surface area (Å²) >= 11 is 6.07. The number of aromatic nitrogens is 1. The van der Waals surface area contributed by atoms with Crippen molar-refractivity contribution in [3.8, 4) is 0 Å². The number of carbonyl (C=O) groups is 1. The molecule has 0 spiro atoms. The maximum atomic E-state index is 13.9. The average Bonchev–Trinajstić information content (AvgIpc) is 2.82. The van der Waals surface area contributed by atoms with Crippen LogP contribution in [0.5, 0.6) is 0 Å². The second-order valence-electron chi connectivity index (χ2n) is 8.06. The number of hydrogen-bond acceptors (Lipinski definition) is 5. The molecule has 1 aliphatic heterocycles. The molecule has 0 amide bonds. The maximum Gasteiger partial charge on any atom is 0.339 e. The van der Waals surface area contributed by atoms with Gasteiger partial charge in [-0.1, -0.05) is 41.9 Å². The van der Waals surface area contributed by atoms with Gasteiger partial charge in [-0.2, -0.15) is 0 Å². The molecule has 172 valence electrons. The summed E-state index contributed by atoms with van der Waals surface area (Å²) in [5, 5.41) is 13.1. The number of carboxylic acids is 1. The number of nitrogens with one attached hydrogen (secondary N) is 1. The SMILES string of the molecule is O=C(O)c1cccnc1N1CCN(Cc2ccc(CNCc3c(F)cccc3Cl)cc2)CC1. The topological polar surface area (TPSA) is 68.7 Å². The largest absolute Gasteiger partial charge is 0.478 e. The first kappa shape index (κ1) is 23.2. The van der Waals surface area contributed by atoms with E-state index in [1.807, 2.05) is 4.90 Å². The number of aromatic carboxylic acids is 1. The first-order chi connectivity index (χ1) is 16.0. The molecule has 0 bridgehead atoms. The Morgan fingerprint density at radius 3 is 2.42 bits per heavy atom. The van der Waals surface area contributed by atoms with Gasteiger partial charge in [0.05, 0.1) is 0 Å². The van der Waals surface area contributed by atoms with Gasteiger partial charge in [0.15, 0.2) is 0 Å². The van der Waals surface area contributed by atoms with Crippen LogP contribution in [-0.4, -0.2) is 47.1 Å². The lowest BCUT2D eigenvalue weighted by molar-refractivity contribution is 0.0697. The van der Waals surface area contributed by atoms with Crippen molar-refractivity contribution >= 4 is 23.4 Å². The van der Waals surface area contributed by atoms with E-state index >= 15 is 0 Å². The third-order valence-corrected chi connectivity index (χ3v) is 6.16. The van der Waals surface area contributed by atoms with Crippen LogP contribution in [0.1, 0.15) is 27.0 Å². The molecule has 6 nitrogen and oxygen atoms in total. The summed E-state index contributed by atoms with van der Waals surface area (Å²) in [6, 6.07) is 16.3. The second kappa shape index (κ2) is 10.7. The molecule has 8 heteroatoms. The molecule has 3 aromatic rings. The molecule has 33 heavy (non-hydrogen) atoms. The van der Waals surface area contributed by atoms with E-state index in [4.69, 9.17) is 11.6 Å². The maximum absolute atomic E-state index is 13.9. The highest BCUT2D eigenvalue weighted by Gasteiger charge is 2.22. The molecule has 0 atom stereocenters. The molecule has 1 fully saturated rings. The van der Waals surface area contributed by atoms with E-state index in [1.165, 1.54) is 11.6 Å². The average molecular weight is 469 g/mol. The van der Waals surface area contributed by atoms with E-state index in [0.717, 1.165) is 38.3 Å². The molecule has 0 saturated carbocycles. The lowest BCUT2D eigenvalue weighted by Crippen LogP contribution is -2.46. The van der Waals surface area contributed by atoms with Gasteiger partial charge in [0.2, 0.25) is 0 Å². The van der Waals surface area contributed by atoms with Crippen molar-refractivity contribution in [1.82, 2.24) is 15.2 Å². The molecule has 2 aromatic carbocycles. The van der Waals surface area contributed by atoms with Crippen LogP contribution in [0.3, 0.4) is 0 Å². The van der Waals surface area contributed by atoms with E-state index < -0.39 is 5.97 Å². The van der Waals surface area contributed by atoms with Gasteiger partial charge in [-0.25, -0.2) is 14.2 Å². The predicted molar refractivity (Wildman–Crippen MR) is 127 cm³/mol. The summed E-state index contributed by atoms with van der Waals surface area (Å²) < 4.78 is 13.9. The van der Waals surface area contributed by atoms with Crippen molar-refractivity contribution in [3.63, 3.8) is 0 Å². The summed E-state index contributed by atoms with van der Waals surface area (Å²) in [6.45, 7) is 4.97. The number of rotatable bonds is 8. The zero-order valence-corrected chi connectivity index (χ0v) is 18.9. The van der Waals surface area contributed by atoms with Gasteiger partial charge >= 0.3 is 5.97 Å². The standard InChI is InChI=1S/C25H26ClFN4O2/c26-22-4-1-5-23(27)21(22)16-28-15-18-6-8-19(9-7-18)17-30-11-13-31(14-12-30)24-20(25(32)33)3-2-10-29-24/h1-10,28H,11-17H2,(H,32,33). The zero-order valence-electron chi connectivity index (χ0n) is 18.2. The Labute approximate surface area is 197 Å². The van der Waals surface area contributed by atoms with Gasteiger partial charge in [-0.05, 0) is 35.4 Å². The van der Waals surface area contributed by atoms with E-state index in [0.29, 0.717) is 29.5 Å². The normalized spacial score (nSPS) is 14.4. The van der Waals surface area contributed by atoms with Crippen LogP contribution in [0.15, 0.2) is 60.8 Å². The van der Waals surface area contributed by atoms with Crippen LogP contribution in [0.25, 0.3) is 0 Å². The van der Waals surface area contributed by atoms with Crippen LogP contribution in [0, 0.1) is 5.82 Å². The molecule has 4 rings (SSSR count). The van der Waals surface area contributed by atoms with E-state index in [2.05, 4.69) is 39.5 Å². The number of piperazine rings is 1. The minimum absolute atomic E-state index is 0.243. The molecule has 0 radical (unpaired) electrons. The van der Waals surface area contributed by atoms with Gasteiger partial charge in [-0.15, -0.1) is 0 Å². The highest BCUT2D eigenvalue weighted by atomic mass is 35.5. The third kappa shape index (κ3) is 5.87. The van der Waals surface area contributed by atoms with Gasteiger partial charge < -0.3 is 15.3 Å². The Morgan fingerprint density at radius 2 is 1.73 bits per heavy atom. The fourth-order valence-corrected chi connectivity index (χ4v) is 4.22. The molecular formula is C25H26ClFN4O2. The van der Waals surface area contributed by atoms with Gasteiger partial charge in [0.25, 0.3) is 0 Å². The number of nitrogens with zero attached hydrogens (tertiary/aromatic N) is 3.